The number of likely N-dealkylation sites (tertiary alicyclic amines) is 1. The summed E-state index contributed by atoms with van der Waals surface area (Å²) < 4.78 is 13.5. The van der Waals surface area contributed by atoms with Crippen molar-refractivity contribution >= 4 is 16.6 Å². The van der Waals surface area contributed by atoms with Gasteiger partial charge in [-0.05, 0) is 41.8 Å². The lowest BCUT2D eigenvalue weighted by Gasteiger charge is -2.38. The van der Waals surface area contributed by atoms with Crippen molar-refractivity contribution in [3.8, 4) is 11.1 Å². The van der Waals surface area contributed by atoms with E-state index in [-0.39, 0.29) is 11.9 Å². The van der Waals surface area contributed by atoms with Crippen LogP contribution in [0.2, 0.25) is 0 Å². The summed E-state index contributed by atoms with van der Waals surface area (Å²) in [5.41, 5.74) is 8.38. The first-order chi connectivity index (χ1) is 12.5. The average Bonchev–Trinajstić information content (AvgIpc) is 2.60. The third kappa shape index (κ3) is 3.14. The summed E-state index contributed by atoms with van der Waals surface area (Å²) in [7, 11) is 2.04. The second kappa shape index (κ2) is 6.64. The molecule has 1 saturated heterocycles. The van der Waals surface area contributed by atoms with Gasteiger partial charge in [0.25, 0.3) is 0 Å². The van der Waals surface area contributed by atoms with E-state index in [0.717, 1.165) is 35.0 Å². The number of aliphatic hydroxyl groups excluding tert-OH is 1. The predicted octanol–water partition coefficient (Wildman–Crippen LogP) is 2.52. The summed E-state index contributed by atoms with van der Waals surface area (Å²) in [4.78, 5) is 6.42. The van der Waals surface area contributed by atoms with E-state index in [4.69, 9.17) is 5.73 Å². The lowest BCUT2D eigenvalue weighted by Crippen LogP contribution is -2.56. The number of nitrogens with one attached hydrogen (secondary N) is 1. The Morgan fingerprint density at radius 3 is 2.69 bits per heavy atom. The topological polar surface area (TPSA) is 74.4 Å². The van der Waals surface area contributed by atoms with E-state index in [1.807, 2.05) is 31.3 Å². The highest BCUT2D eigenvalue weighted by molar-refractivity contribution is 5.96. The molecule has 4 rings (SSSR count). The number of nitrogens with two attached hydrogens (primary N) is 1. The quantitative estimate of drug-likeness (QED) is 0.629. The van der Waals surface area contributed by atoms with Crippen molar-refractivity contribution in [2.24, 2.45) is 0 Å². The maximum Gasteiger partial charge on any atom is 0.133 e. The first-order valence-corrected chi connectivity index (χ1v) is 8.58. The Kier molecular flexibility index (Phi) is 4.32. The molecule has 1 atom stereocenters. The molecule has 6 heteroatoms. The molecule has 0 bridgehead atoms. The predicted molar refractivity (Wildman–Crippen MR) is 101 cm³/mol. The largest absolute Gasteiger partial charge is 0.383 e. The van der Waals surface area contributed by atoms with Crippen molar-refractivity contribution < 1.29 is 9.50 Å². The van der Waals surface area contributed by atoms with Crippen molar-refractivity contribution in [1.29, 1.82) is 0 Å². The molecule has 0 aliphatic carbocycles. The van der Waals surface area contributed by atoms with Crippen molar-refractivity contribution in [1.82, 2.24) is 15.2 Å². The van der Waals surface area contributed by atoms with Gasteiger partial charge in [-0.15, -0.1) is 0 Å². The van der Waals surface area contributed by atoms with Crippen molar-refractivity contribution in [2.75, 3.05) is 25.9 Å². The number of benzene rings is 2. The average molecular weight is 352 g/mol. The van der Waals surface area contributed by atoms with E-state index in [1.54, 1.807) is 12.3 Å². The van der Waals surface area contributed by atoms with Gasteiger partial charge in [-0.3, -0.25) is 5.32 Å². The number of hydrogen-bond donors (Lipinski definition) is 3. The van der Waals surface area contributed by atoms with Gasteiger partial charge in [0.1, 0.15) is 17.9 Å². The third-order valence-corrected chi connectivity index (χ3v) is 4.86. The second-order valence-corrected chi connectivity index (χ2v) is 6.86. The Morgan fingerprint density at radius 1 is 1.19 bits per heavy atom. The Balaban J connectivity index is 1.71. The number of likely N-dealkylation sites (N-methyl/N-ethyl adjacent to an activating group) is 1. The smallest absolute Gasteiger partial charge is 0.133 e. The van der Waals surface area contributed by atoms with E-state index in [0.29, 0.717) is 11.4 Å². The van der Waals surface area contributed by atoms with Crippen LogP contribution in [0.25, 0.3) is 21.9 Å². The van der Waals surface area contributed by atoms with Gasteiger partial charge >= 0.3 is 0 Å². The zero-order valence-corrected chi connectivity index (χ0v) is 14.5. The fourth-order valence-corrected chi connectivity index (χ4v) is 3.47. The molecule has 1 aromatic heterocycles. The van der Waals surface area contributed by atoms with E-state index in [9.17, 15) is 9.50 Å². The molecule has 5 nitrogen and oxygen atoms in total. The highest BCUT2D eigenvalue weighted by Crippen LogP contribution is 2.31. The van der Waals surface area contributed by atoms with Crippen LogP contribution in [-0.4, -0.2) is 41.2 Å². The van der Waals surface area contributed by atoms with Crippen LogP contribution in [0.5, 0.6) is 0 Å². The van der Waals surface area contributed by atoms with Crippen LogP contribution in [0.15, 0.2) is 48.7 Å². The Morgan fingerprint density at radius 2 is 1.96 bits per heavy atom. The summed E-state index contributed by atoms with van der Waals surface area (Å²) >= 11 is 0. The summed E-state index contributed by atoms with van der Waals surface area (Å²) in [6, 6.07) is 12.4. The normalized spacial score (nSPS) is 16.6. The Bertz CT molecular complexity index is 956. The molecule has 134 valence electrons. The summed E-state index contributed by atoms with van der Waals surface area (Å²) in [6.45, 7) is 1.81. The van der Waals surface area contributed by atoms with Crippen LogP contribution in [0, 0.1) is 5.82 Å². The van der Waals surface area contributed by atoms with Crippen LogP contribution >= 0.6 is 0 Å². The maximum atomic E-state index is 13.5. The molecule has 3 aromatic rings. The second-order valence-electron chi connectivity index (χ2n) is 6.86. The number of nitrogen functional groups attached to an aromatic ring is 1. The molecule has 2 heterocycles. The lowest BCUT2D eigenvalue weighted by molar-refractivity contribution is 0.0704. The number of fused-ring (bicyclic) bond motifs is 1. The molecule has 1 aliphatic heterocycles. The fraction of sp³-hybridized carbons (Fsp3) is 0.250. The summed E-state index contributed by atoms with van der Waals surface area (Å²) in [6.07, 6.45) is 0.795. The molecule has 0 spiro atoms. The minimum absolute atomic E-state index is 0.258. The van der Waals surface area contributed by atoms with Gasteiger partial charge in [0.05, 0.1) is 0 Å². The van der Waals surface area contributed by atoms with Gasteiger partial charge < -0.3 is 15.7 Å². The highest BCUT2D eigenvalue weighted by Gasteiger charge is 2.26. The van der Waals surface area contributed by atoms with Gasteiger partial charge in [-0.25, -0.2) is 9.37 Å². The molecular formula is C20H21FN4O. The number of hydrogen-bond acceptors (Lipinski definition) is 5. The fourth-order valence-electron chi connectivity index (χ4n) is 3.47. The van der Waals surface area contributed by atoms with Crippen molar-refractivity contribution in [3.05, 3.63) is 60.0 Å². The summed E-state index contributed by atoms with van der Waals surface area (Å²) in [5, 5.41) is 15.4. The molecular weight excluding hydrogens is 331 g/mol. The maximum absolute atomic E-state index is 13.5. The van der Waals surface area contributed by atoms with Crippen LogP contribution in [0.4, 0.5) is 10.2 Å². The highest BCUT2D eigenvalue weighted by atomic mass is 19.1. The van der Waals surface area contributed by atoms with E-state index >= 15 is 0 Å². The molecule has 26 heavy (non-hydrogen) atoms. The first kappa shape index (κ1) is 16.9. The molecule has 0 amide bonds. The number of halogens is 1. The van der Waals surface area contributed by atoms with Crippen molar-refractivity contribution in [2.45, 2.75) is 12.3 Å². The summed E-state index contributed by atoms with van der Waals surface area (Å²) in [5.74, 6) is 0.102. The number of nitrogens with zero attached hydrogens (tertiary/aromatic N) is 2. The number of pyridine rings is 1. The van der Waals surface area contributed by atoms with Crippen molar-refractivity contribution in [3.63, 3.8) is 0 Å². The van der Waals surface area contributed by atoms with Gasteiger partial charge in [0.15, 0.2) is 0 Å². The monoisotopic (exact) mass is 352 g/mol. The number of anilines is 1. The molecule has 0 radical (unpaired) electrons. The molecule has 2 aromatic carbocycles. The Labute approximate surface area is 151 Å². The zero-order valence-electron chi connectivity index (χ0n) is 14.5. The zero-order chi connectivity index (χ0) is 18.3. The van der Waals surface area contributed by atoms with Gasteiger partial charge in [0.2, 0.25) is 0 Å². The number of rotatable bonds is 4. The third-order valence-electron chi connectivity index (χ3n) is 4.86. The minimum Gasteiger partial charge on any atom is -0.383 e. The van der Waals surface area contributed by atoms with Crippen LogP contribution in [0.1, 0.15) is 11.8 Å². The SMILES string of the molecule is CN1CC(NC(O)c2cnc(N)c3cc(-c4cccc(F)c4)ccc23)C1. The van der Waals surface area contributed by atoms with E-state index < -0.39 is 6.23 Å². The van der Waals surface area contributed by atoms with Crippen LogP contribution in [0.3, 0.4) is 0 Å². The number of aliphatic hydroxyl groups is 1. The molecule has 1 fully saturated rings. The molecule has 1 aliphatic rings. The number of aromatic nitrogens is 1. The van der Waals surface area contributed by atoms with Gasteiger partial charge in [0, 0.05) is 36.3 Å². The van der Waals surface area contributed by atoms with Gasteiger partial charge in [-0.2, -0.15) is 0 Å². The van der Waals surface area contributed by atoms with Crippen LogP contribution in [-0.2, 0) is 0 Å². The van der Waals surface area contributed by atoms with E-state index in [1.165, 1.54) is 12.1 Å². The van der Waals surface area contributed by atoms with E-state index in [2.05, 4.69) is 15.2 Å². The molecule has 4 N–H and O–H groups in total. The van der Waals surface area contributed by atoms with Crippen LogP contribution < -0.4 is 11.1 Å². The first-order valence-electron chi connectivity index (χ1n) is 8.58. The lowest BCUT2D eigenvalue weighted by atomic mass is 9.98. The standard InChI is InChI=1S/C20H21FN4O/c1-25-10-15(11-25)24-20(26)18-9-23-19(22)17-8-13(5-6-16(17)18)12-3-2-4-14(21)7-12/h2-9,15,20,24,26H,10-11H2,1H3,(H2,22,23). The minimum atomic E-state index is -0.815. The Hall–Kier alpha value is -2.54. The van der Waals surface area contributed by atoms with Gasteiger partial charge in [-0.1, -0.05) is 24.3 Å². The molecule has 0 saturated carbocycles. The molecule has 1 unspecified atom stereocenters.